The molecule has 4 heterocycles. The van der Waals surface area contributed by atoms with Crippen LogP contribution in [-0.4, -0.2) is 38.1 Å². The number of aromatic nitrogens is 4. The number of carbonyl (C=O) groups excluding carboxylic acids is 2. The first-order valence-corrected chi connectivity index (χ1v) is 10.7. The zero-order valence-electron chi connectivity index (χ0n) is 17.5. The van der Waals surface area contributed by atoms with Crippen molar-refractivity contribution in [1.82, 2.24) is 30.2 Å². The summed E-state index contributed by atoms with van der Waals surface area (Å²) in [6, 6.07) is 7.42. The molecule has 4 aromatic rings. The third-order valence-corrected chi connectivity index (χ3v) is 6.43. The fourth-order valence-corrected chi connectivity index (χ4v) is 4.73. The summed E-state index contributed by atoms with van der Waals surface area (Å²) in [7, 11) is 0. The number of carbonyl (C=O) groups is 2. The lowest BCUT2D eigenvalue weighted by molar-refractivity contribution is -0.136. The maximum absolute atomic E-state index is 13.8. The second-order valence-corrected chi connectivity index (χ2v) is 8.56. The summed E-state index contributed by atoms with van der Waals surface area (Å²) >= 11 is 0. The molecule has 6 rings (SSSR count). The minimum absolute atomic E-state index is 0.0665. The van der Waals surface area contributed by atoms with Crippen LogP contribution in [0.2, 0.25) is 0 Å². The van der Waals surface area contributed by atoms with Crippen LogP contribution in [-0.2, 0) is 11.0 Å². The number of rotatable bonds is 3. The lowest BCUT2D eigenvalue weighted by Crippen LogP contribution is -2.51. The molecule has 1 aromatic carbocycles. The third-order valence-electron chi connectivity index (χ3n) is 6.43. The Bertz CT molecular complexity index is 1480. The SMILES string of the molecule is O=C1NCC(c2cc([C@@H]3C[C@H]3c3cc(C(F)(F)F)c4ncccc4c3)c3nccn3n2)C(=O)N1. The molecule has 1 aliphatic carbocycles. The lowest BCUT2D eigenvalue weighted by atomic mass is 9.97. The summed E-state index contributed by atoms with van der Waals surface area (Å²) in [6.45, 7) is 0.109. The number of nitrogens with one attached hydrogen (secondary N) is 2. The van der Waals surface area contributed by atoms with Crippen LogP contribution in [0.5, 0.6) is 0 Å². The molecule has 34 heavy (non-hydrogen) atoms. The molecule has 1 aliphatic heterocycles. The van der Waals surface area contributed by atoms with Crippen molar-refractivity contribution in [3.63, 3.8) is 0 Å². The predicted molar refractivity (Wildman–Crippen MR) is 114 cm³/mol. The molecular formula is C23H17F3N6O2. The van der Waals surface area contributed by atoms with Crippen molar-refractivity contribution < 1.29 is 22.8 Å². The topological polar surface area (TPSA) is 101 Å². The highest BCUT2D eigenvalue weighted by molar-refractivity contribution is 6.00. The molecule has 2 N–H and O–H groups in total. The smallest absolute Gasteiger partial charge is 0.337 e. The highest BCUT2D eigenvalue weighted by Gasteiger charge is 2.44. The van der Waals surface area contributed by atoms with Gasteiger partial charge in [0.25, 0.3) is 0 Å². The molecular weight excluding hydrogens is 449 g/mol. The zero-order chi connectivity index (χ0) is 23.6. The molecule has 1 unspecified atom stereocenters. The molecule has 8 nitrogen and oxygen atoms in total. The maximum Gasteiger partial charge on any atom is 0.418 e. The van der Waals surface area contributed by atoms with Crippen molar-refractivity contribution in [3.8, 4) is 0 Å². The number of benzene rings is 1. The van der Waals surface area contributed by atoms with Gasteiger partial charge < -0.3 is 5.32 Å². The van der Waals surface area contributed by atoms with Crippen LogP contribution in [0.1, 0.15) is 46.6 Å². The summed E-state index contributed by atoms with van der Waals surface area (Å²) in [5, 5.41) is 9.74. The number of pyridine rings is 1. The first-order chi connectivity index (χ1) is 16.3. The molecule has 0 bridgehead atoms. The molecule has 0 spiro atoms. The van der Waals surface area contributed by atoms with E-state index in [0.717, 1.165) is 5.56 Å². The molecule has 11 heteroatoms. The van der Waals surface area contributed by atoms with Crippen molar-refractivity contribution in [1.29, 1.82) is 0 Å². The van der Waals surface area contributed by atoms with Crippen molar-refractivity contribution in [3.05, 3.63) is 71.3 Å². The first-order valence-electron chi connectivity index (χ1n) is 10.7. The van der Waals surface area contributed by atoms with Gasteiger partial charge >= 0.3 is 12.2 Å². The summed E-state index contributed by atoms with van der Waals surface area (Å²) in [5.74, 6) is -1.35. The number of alkyl halides is 3. The minimum Gasteiger partial charge on any atom is -0.337 e. The average Bonchev–Trinajstić information content (AvgIpc) is 3.45. The van der Waals surface area contributed by atoms with Gasteiger partial charge in [-0.2, -0.15) is 18.3 Å². The van der Waals surface area contributed by atoms with Crippen LogP contribution in [0, 0.1) is 0 Å². The second kappa shape index (κ2) is 7.24. The van der Waals surface area contributed by atoms with E-state index >= 15 is 0 Å². The molecule has 1 saturated heterocycles. The summed E-state index contributed by atoms with van der Waals surface area (Å²) in [6.07, 6.45) is 0.713. The van der Waals surface area contributed by atoms with Crippen LogP contribution in [0.3, 0.4) is 0 Å². The molecule has 1 saturated carbocycles. The number of urea groups is 1. The summed E-state index contributed by atoms with van der Waals surface area (Å²) < 4.78 is 42.9. The van der Waals surface area contributed by atoms with Crippen molar-refractivity contribution in [2.24, 2.45) is 0 Å². The van der Waals surface area contributed by atoms with E-state index in [2.05, 4.69) is 25.7 Å². The number of hydrogen-bond donors (Lipinski definition) is 2. The fraction of sp³-hybridized carbons (Fsp3) is 0.261. The Morgan fingerprint density at radius 2 is 1.91 bits per heavy atom. The number of amides is 3. The number of imidazole rings is 1. The Kier molecular flexibility index (Phi) is 4.38. The molecule has 2 fully saturated rings. The third kappa shape index (κ3) is 3.35. The monoisotopic (exact) mass is 466 g/mol. The average molecular weight is 466 g/mol. The normalized spacial score (nSPS) is 22.6. The van der Waals surface area contributed by atoms with Crippen molar-refractivity contribution in [2.45, 2.75) is 30.4 Å². The van der Waals surface area contributed by atoms with Gasteiger partial charge in [0.05, 0.1) is 22.7 Å². The number of imide groups is 1. The van der Waals surface area contributed by atoms with Gasteiger partial charge in [-0.15, -0.1) is 0 Å². The van der Waals surface area contributed by atoms with E-state index in [-0.39, 0.29) is 23.9 Å². The summed E-state index contributed by atoms with van der Waals surface area (Å²) in [5.41, 5.74) is 1.64. The van der Waals surface area contributed by atoms with E-state index in [4.69, 9.17) is 0 Å². The van der Waals surface area contributed by atoms with Gasteiger partial charge in [0.1, 0.15) is 0 Å². The Morgan fingerprint density at radius 3 is 2.71 bits per heavy atom. The van der Waals surface area contributed by atoms with E-state index in [1.165, 1.54) is 12.3 Å². The van der Waals surface area contributed by atoms with Crippen molar-refractivity contribution in [2.75, 3.05) is 6.54 Å². The first kappa shape index (κ1) is 20.6. The lowest BCUT2D eigenvalue weighted by Gasteiger charge is -2.22. The standard InChI is InChI=1S/C23H17F3N6O2/c24-23(25,26)17-7-12(6-11-2-1-3-27-19(11)17)13-8-14(13)15-9-18(31-32-5-4-28-20(15)32)16-10-29-22(34)30-21(16)33/h1-7,9,13-14,16H,8,10H2,(H2,29,30,33,34)/t13-,14+,16?/m0/s1. The van der Waals surface area contributed by atoms with Crippen LogP contribution in [0.25, 0.3) is 16.6 Å². The van der Waals surface area contributed by atoms with Gasteiger partial charge in [0, 0.05) is 36.1 Å². The molecule has 2 aliphatic rings. The fourth-order valence-electron chi connectivity index (χ4n) is 4.73. The zero-order valence-corrected chi connectivity index (χ0v) is 17.5. The number of nitrogens with zero attached hydrogens (tertiary/aromatic N) is 4. The second-order valence-electron chi connectivity index (χ2n) is 8.56. The quantitative estimate of drug-likeness (QED) is 0.481. The molecule has 3 atom stereocenters. The predicted octanol–water partition coefficient (Wildman–Crippen LogP) is 3.49. The van der Waals surface area contributed by atoms with Gasteiger partial charge in [0.15, 0.2) is 5.65 Å². The van der Waals surface area contributed by atoms with E-state index < -0.39 is 29.6 Å². The van der Waals surface area contributed by atoms with E-state index in [9.17, 15) is 22.8 Å². The number of hydrogen-bond acceptors (Lipinski definition) is 5. The Labute approximate surface area is 190 Å². The largest absolute Gasteiger partial charge is 0.418 e. The van der Waals surface area contributed by atoms with Gasteiger partial charge in [-0.3, -0.25) is 15.1 Å². The van der Waals surface area contributed by atoms with E-state index in [0.29, 0.717) is 28.7 Å². The Morgan fingerprint density at radius 1 is 1.06 bits per heavy atom. The highest BCUT2D eigenvalue weighted by Crippen LogP contribution is 2.56. The van der Waals surface area contributed by atoms with Crippen LogP contribution in [0.4, 0.5) is 18.0 Å². The van der Waals surface area contributed by atoms with E-state index in [1.807, 2.05) is 0 Å². The van der Waals surface area contributed by atoms with Gasteiger partial charge in [-0.05, 0) is 48.1 Å². The molecule has 3 amide bonds. The van der Waals surface area contributed by atoms with Crippen LogP contribution >= 0.6 is 0 Å². The van der Waals surface area contributed by atoms with Crippen LogP contribution in [0.15, 0.2) is 48.9 Å². The maximum atomic E-state index is 13.8. The number of halogens is 3. The van der Waals surface area contributed by atoms with Gasteiger partial charge in [-0.25, -0.2) is 14.3 Å². The summed E-state index contributed by atoms with van der Waals surface area (Å²) in [4.78, 5) is 32.1. The Hall–Kier alpha value is -4.02. The van der Waals surface area contributed by atoms with Crippen LogP contribution < -0.4 is 10.6 Å². The molecule has 172 valence electrons. The highest BCUT2D eigenvalue weighted by atomic mass is 19.4. The van der Waals surface area contributed by atoms with Gasteiger partial charge in [-0.1, -0.05) is 6.07 Å². The molecule has 3 aromatic heterocycles. The van der Waals surface area contributed by atoms with Gasteiger partial charge in [0.2, 0.25) is 5.91 Å². The van der Waals surface area contributed by atoms with Crippen molar-refractivity contribution >= 4 is 28.5 Å². The van der Waals surface area contributed by atoms with E-state index in [1.54, 1.807) is 41.2 Å². The molecule has 0 radical (unpaired) electrons. The number of fused-ring (bicyclic) bond motifs is 2. The Balaban J connectivity index is 1.40. The minimum atomic E-state index is -4.52.